The van der Waals surface area contributed by atoms with Gasteiger partial charge in [-0.2, -0.15) is 0 Å². The minimum atomic E-state index is -0.270. The van der Waals surface area contributed by atoms with Crippen LogP contribution in [0.2, 0.25) is 5.02 Å². The fraction of sp³-hybridized carbons (Fsp3) is 0.400. The van der Waals surface area contributed by atoms with Gasteiger partial charge in [-0.05, 0) is 37.0 Å². The van der Waals surface area contributed by atoms with Gasteiger partial charge in [0.25, 0.3) is 0 Å². The van der Waals surface area contributed by atoms with Gasteiger partial charge in [-0.3, -0.25) is 0 Å². The van der Waals surface area contributed by atoms with Crippen LogP contribution in [0.25, 0.3) is 0 Å². The SMILES string of the molecule is NC(c1cc(Cl)c2c(c1)OCCO2)c1nc2c(s1)CCC2. The molecule has 0 saturated heterocycles. The minimum absolute atomic E-state index is 0.270. The molecule has 0 fully saturated rings. The number of fused-ring (bicyclic) bond motifs is 2. The highest BCUT2D eigenvalue weighted by molar-refractivity contribution is 7.11. The van der Waals surface area contributed by atoms with Crippen molar-refractivity contribution in [3.05, 3.63) is 38.3 Å². The van der Waals surface area contributed by atoms with E-state index in [2.05, 4.69) is 4.98 Å². The first-order valence-corrected chi connectivity index (χ1v) is 8.25. The molecule has 0 bridgehead atoms. The molecule has 1 aromatic carbocycles. The summed E-state index contributed by atoms with van der Waals surface area (Å²) in [5, 5.41) is 1.49. The van der Waals surface area contributed by atoms with E-state index in [0.717, 1.165) is 23.4 Å². The van der Waals surface area contributed by atoms with Crippen molar-refractivity contribution in [1.82, 2.24) is 4.98 Å². The number of aromatic nitrogens is 1. The molecule has 6 heteroatoms. The number of rotatable bonds is 2. The molecular formula is C15H15ClN2O2S. The molecule has 1 atom stereocenters. The van der Waals surface area contributed by atoms with Gasteiger partial charge in [-0.15, -0.1) is 11.3 Å². The zero-order chi connectivity index (χ0) is 14.4. The first-order chi connectivity index (χ1) is 10.2. The smallest absolute Gasteiger partial charge is 0.179 e. The fourth-order valence-corrected chi connectivity index (χ4v) is 4.25. The Bertz CT molecular complexity index is 680. The average molecular weight is 323 g/mol. The van der Waals surface area contributed by atoms with E-state index < -0.39 is 0 Å². The van der Waals surface area contributed by atoms with E-state index >= 15 is 0 Å². The molecule has 1 aliphatic carbocycles. The molecule has 0 radical (unpaired) electrons. The van der Waals surface area contributed by atoms with Gasteiger partial charge in [0, 0.05) is 4.88 Å². The van der Waals surface area contributed by atoms with Crippen LogP contribution < -0.4 is 15.2 Å². The van der Waals surface area contributed by atoms with Crippen molar-refractivity contribution in [1.29, 1.82) is 0 Å². The van der Waals surface area contributed by atoms with Gasteiger partial charge in [0.15, 0.2) is 11.5 Å². The van der Waals surface area contributed by atoms with Gasteiger partial charge < -0.3 is 15.2 Å². The Hall–Kier alpha value is -1.30. The summed E-state index contributed by atoms with van der Waals surface area (Å²) in [4.78, 5) is 6.07. The predicted octanol–water partition coefficient (Wildman–Crippen LogP) is 3.10. The number of benzene rings is 1. The zero-order valence-electron chi connectivity index (χ0n) is 11.4. The van der Waals surface area contributed by atoms with E-state index in [1.807, 2.05) is 12.1 Å². The fourth-order valence-electron chi connectivity index (χ4n) is 2.80. The topological polar surface area (TPSA) is 57.4 Å². The van der Waals surface area contributed by atoms with Crippen molar-refractivity contribution in [2.75, 3.05) is 13.2 Å². The number of thiazole rings is 1. The summed E-state index contributed by atoms with van der Waals surface area (Å²) in [6.07, 6.45) is 3.40. The maximum Gasteiger partial charge on any atom is 0.179 e. The molecule has 0 amide bonds. The third-order valence-electron chi connectivity index (χ3n) is 3.86. The first kappa shape index (κ1) is 13.4. The van der Waals surface area contributed by atoms with E-state index in [-0.39, 0.29) is 6.04 Å². The lowest BCUT2D eigenvalue weighted by molar-refractivity contribution is 0.171. The summed E-state index contributed by atoms with van der Waals surface area (Å²) >= 11 is 7.99. The third-order valence-corrected chi connectivity index (χ3v) is 5.38. The van der Waals surface area contributed by atoms with Crippen molar-refractivity contribution in [2.45, 2.75) is 25.3 Å². The quantitative estimate of drug-likeness (QED) is 0.923. The van der Waals surface area contributed by atoms with Crippen LogP contribution in [0, 0.1) is 0 Å². The summed E-state index contributed by atoms with van der Waals surface area (Å²) in [6.45, 7) is 1.06. The molecule has 1 unspecified atom stereocenters. The second kappa shape index (κ2) is 5.16. The molecular weight excluding hydrogens is 308 g/mol. The lowest BCUT2D eigenvalue weighted by atomic mass is 10.1. The predicted molar refractivity (Wildman–Crippen MR) is 82.6 cm³/mol. The first-order valence-electron chi connectivity index (χ1n) is 7.05. The van der Waals surface area contributed by atoms with Crippen molar-refractivity contribution in [3.63, 3.8) is 0 Å². The van der Waals surface area contributed by atoms with E-state index in [1.54, 1.807) is 11.3 Å². The second-order valence-electron chi connectivity index (χ2n) is 5.28. The van der Waals surface area contributed by atoms with Gasteiger partial charge in [0.1, 0.15) is 18.2 Å². The summed E-state index contributed by atoms with van der Waals surface area (Å²) in [7, 11) is 0. The number of nitrogens with two attached hydrogens (primary N) is 1. The van der Waals surface area contributed by atoms with Crippen LogP contribution >= 0.6 is 22.9 Å². The normalized spacial score (nSPS) is 17.6. The van der Waals surface area contributed by atoms with Crippen molar-refractivity contribution in [3.8, 4) is 11.5 Å². The molecule has 4 rings (SSSR count). The Morgan fingerprint density at radius 3 is 2.95 bits per heavy atom. The highest BCUT2D eigenvalue weighted by atomic mass is 35.5. The summed E-state index contributed by atoms with van der Waals surface area (Å²) in [6, 6.07) is 3.50. The van der Waals surface area contributed by atoms with Gasteiger partial charge in [-0.1, -0.05) is 11.6 Å². The van der Waals surface area contributed by atoms with Crippen LogP contribution in [-0.4, -0.2) is 18.2 Å². The summed E-state index contributed by atoms with van der Waals surface area (Å²) in [5.74, 6) is 1.28. The molecule has 21 heavy (non-hydrogen) atoms. The molecule has 2 aliphatic rings. The maximum atomic E-state index is 6.37. The van der Waals surface area contributed by atoms with Crippen LogP contribution in [0.5, 0.6) is 11.5 Å². The van der Waals surface area contributed by atoms with Crippen LogP contribution in [0.4, 0.5) is 0 Å². The Morgan fingerprint density at radius 1 is 1.24 bits per heavy atom. The zero-order valence-corrected chi connectivity index (χ0v) is 13.0. The second-order valence-corrected chi connectivity index (χ2v) is 6.80. The minimum Gasteiger partial charge on any atom is -0.486 e. The van der Waals surface area contributed by atoms with Crippen molar-refractivity contribution in [2.24, 2.45) is 5.73 Å². The van der Waals surface area contributed by atoms with E-state index in [1.165, 1.54) is 17.0 Å². The van der Waals surface area contributed by atoms with Gasteiger partial charge in [0.05, 0.1) is 16.8 Å². The number of nitrogens with zero attached hydrogens (tertiary/aromatic N) is 1. The van der Waals surface area contributed by atoms with Gasteiger partial charge in [-0.25, -0.2) is 4.98 Å². The number of hydrogen-bond donors (Lipinski definition) is 1. The summed E-state index contributed by atoms with van der Waals surface area (Å²) < 4.78 is 11.1. The molecule has 1 aromatic heterocycles. The Morgan fingerprint density at radius 2 is 2.10 bits per heavy atom. The van der Waals surface area contributed by atoms with Crippen LogP contribution in [0.15, 0.2) is 12.1 Å². The third kappa shape index (κ3) is 2.29. The monoisotopic (exact) mass is 322 g/mol. The van der Waals surface area contributed by atoms with E-state index in [4.69, 9.17) is 26.8 Å². The highest BCUT2D eigenvalue weighted by Gasteiger charge is 2.24. The standard InChI is InChI=1S/C15H15ClN2O2S/c16-9-6-8(7-11-14(9)20-5-4-19-11)13(17)15-18-10-2-1-3-12(10)21-15/h6-7,13H,1-5,17H2. The molecule has 0 saturated carbocycles. The van der Waals surface area contributed by atoms with E-state index in [9.17, 15) is 0 Å². The number of hydrogen-bond acceptors (Lipinski definition) is 5. The molecule has 2 N–H and O–H groups in total. The lowest BCUT2D eigenvalue weighted by Crippen LogP contribution is -2.17. The van der Waals surface area contributed by atoms with E-state index in [0.29, 0.717) is 29.7 Å². The Kier molecular flexibility index (Phi) is 3.28. The highest BCUT2D eigenvalue weighted by Crippen LogP contribution is 2.41. The van der Waals surface area contributed by atoms with Crippen LogP contribution in [0.1, 0.15) is 33.6 Å². The maximum absolute atomic E-state index is 6.37. The van der Waals surface area contributed by atoms with Crippen LogP contribution in [0.3, 0.4) is 0 Å². The number of halogens is 1. The van der Waals surface area contributed by atoms with Crippen molar-refractivity contribution >= 4 is 22.9 Å². The Balaban J connectivity index is 1.70. The molecule has 1 aliphatic heterocycles. The van der Waals surface area contributed by atoms with Gasteiger partial charge >= 0.3 is 0 Å². The number of ether oxygens (including phenoxy) is 2. The van der Waals surface area contributed by atoms with Crippen LogP contribution in [-0.2, 0) is 12.8 Å². The molecule has 4 nitrogen and oxygen atoms in total. The Labute approximate surface area is 131 Å². The molecule has 2 aromatic rings. The van der Waals surface area contributed by atoms with Crippen molar-refractivity contribution < 1.29 is 9.47 Å². The molecule has 0 spiro atoms. The number of aryl methyl sites for hydroxylation is 2. The van der Waals surface area contributed by atoms with Gasteiger partial charge in [0.2, 0.25) is 0 Å². The lowest BCUT2D eigenvalue weighted by Gasteiger charge is -2.21. The largest absolute Gasteiger partial charge is 0.486 e. The molecule has 110 valence electrons. The molecule has 2 heterocycles. The summed E-state index contributed by atoms with van der Waals surface area (Å²) in [5.41, 5.74) is 8.50. The average Bonchev–Trinajstić information content (AvgIpc) is 3.07.